The Morgan fingerprint density at radius 3 is 2.77 bits per heavy atom. The van der Waals surface area contributed by atoms with Gasteiger partial charge in [0.2, 0.25) is 0 Å². The van der Waals surface area contributed by atoms with E-state index in [1.165, 1.54) is 24.8 Å². The van der Waals surface area contributed by atoms with Gasteiger partial charge in [0.15, 0.2) is 5.96 Å². The number of hydrogen-bond acceptors (Lipinski definition) is 3. The number of nitrogens with two attached hydrogens (primary N) is 1. The van der Waals surface area contributed by atoms with Crippen molar-refractivity contribution < 1.29 is 9.90 Å². The second-order valence-corrected chi connectivity index (χ2v) is 7.32. The van der Waals surface area contributed by atoms with Crippen molar-refractivity contribution in [3.8, 4) is 0 Å². The maximum absolute atomic E-state index is 11.6. The molecule has 0 aliphatic carbocycles. The number of guanidine groups is 1. The third kappa shape index (κ3) is 8.70. The number of unbranched alkanes of at least 4 members (excludes halogenated alkanes) is 3. The first-order valence-corrected chi connectivity index (χ1v) is 10.2. The first-order chi connectivity index (χ1) is 12.5. The van der Waals surface area contributed by atoms with E-state index in [1.807, 2.05) is 0 Å². The van der Waals surface area contributed by atoms with E-state index < -0.39 is 12.0 Å². The number of aliphatic carboxylic acids is 1. The fourth-order valence-electron chi connectivity index (χ4n) is 3.35. The highest BCUT2D eigenvalue weighted by Gasteiger charge is 2.21. The van der Waals surface area contributed by atoms with Crippen molar-refractivity contribution in [3.63, 3.8) is 0 Å². The maximum atomic E-state index is 11.6. The largest absolute Gasteiger partial charge is 0.479 e. The van der Waals surface area contributed by atoms with E-state index in [4.69, 9.17) is 5.73 Å². The molecule has 0 amide bonds. The standard InChI is InChI=1S/C20H38N4O2/c1-4-6-7-8-10-16(5-2)13-18(19(25)26)24-20(21)23-14-17-11-9-12-22-15(17)3/h13,15,17-18,22H,4-12,14H2,1-3H3,(H,25,26)(H3,21,23,24)/b16-13+. The van der Waals surface area contributed by atoms with E-state index in [9.17, 15) is 9.90 Å². The SMILES string of the molecule is CCCCCC/C(=C/C(NC(N)=NCC1CCCNC1C)C(=O)O)CC. The maximum Gasteiger partial charge on any atom is 0.330 e. The Morgan fingerprint density at radius 2 is 2.15 bits per heavy atom. The summed E-state index contributed by atoms with van der Waals surface area (Å²) in [6, 6.07) is -0.396. The van der Waals surface area contributed by atoms with Crippen LogP contribution in [0.2, 0.25) is 0 Å². The average Bonchev–Trinajstić information content (AvgIpc) is 2.62. The predicted octanol–water partition coefficient (Wildman–Crippen LogP) is 3.04. The Labute approximate surface area is 158 Å². The number of hydrogen-bond donors (Lipinski definition) is 4. The van der Waals surface area contributed by atoms with Crippen molar-refractivity contribution in [3.05, 3.63) is 11.6 Å². The summed E-state index contributed by atoms with van der Waals surface area (Å²) < 4.78 is 0. The van der Waals surface area contributed by atoms with E-state index in [2.05, 4.69) is 36.4 Å². The topological polar surface area (TPSA) is 99.7 Å². The lowest BCUT2D eigenvalue weighted by Crippen LogP contribution is -2.45. The molecule has 3 atom stereocenters. The van der Waals surface area contributed by atoms with Gasteiger partial charge in [-0.2, -0.15) is 0 Å². The number of piperidine rings is 1. The molecular weight excluding hydrogens is 328 g/mol. The van der Waals surface area contributed by atoms with Crippen molar-refractivity contribution in [1.29, 1.82) is 0 Å². The summed E-state index contributed by atoms with van der Waals surface area (Å²) in [5, 5.41) is 15.8. The monoisotopic (exact) mass is 366 g/mol. The van der Waals surface area contributed by atoms with E-state index in [-0.39, 0.29) is 5.96 Å². The lowest BCUT2D eigenvalue weighted by atomic mass is 9.92. The van der Waals surface area contributed by atoms with Gasteiger partial charge in [0.1, 0.15) is 6.04 Å². The van der Waals surface area contributed by atoms with Gasteiger partial charge < -0.3 is 21.5 Å². The highest BCUT2D eigenvalue weighted by Crippen LogP contribution is 2.16. The molecule has 1 saturated heterocycles. The zero-order chi connectivity index (χ0) is 19.4. The fourth-order valence-corrected chi connectivity index (χ4v) is 3.35. The molecule has 0 aromatic heterocycles. The third-order valence-corrected chi connectivity index (χ3v) is 5.20. The molecule has 6 heteroatoms. The first kappa shape index (κ1) is 22.5. The van der Waals surface area contributed by atoms with Crippen molar-refractivity contribution in [2.24, 2.45) is 16.6 Å². The van der Waals surface area contributed by atoms with Gasteiger partial charge in [0.05, 0.1) is 0 Å². The van der Waals surface area contributed by atoms with Crippen LogP contribution in [0.15, 0.2) is 16.6 Å². The zero-order valence-electron chi connectivity index (χ0n) is 16.8. The summed E-state index contributed by atoms with van der Waals surface area (Å²) >= 11 is 0. The molecular formula is C20H38N4O2. The normalized spacial score (nSPS) is 22.9. The molecule has 6 nitrogen and oxygen atoms in total. The molecule has 0 saturated carbocycles. The number of carbonyl (C=O) groups is 1. The van der Waals surface area contributed by atoms with Crippen LogP contribution in [0.4, 0.5) is 0 Å². The number of aliphatic imine (C=N–C) groups is 1. The van der Waals surface area contributed by atoms with Crippen LogP contribution in [0.5, 0.6) is 0 Å². The van der Waals surface area contributed by atoms with Crippen LogP contribution in [0.3, 0.4) is 0 Å². The molecule has 0 bridgehead atoms. The quantitative estimate of drug-likeness (QED) is 0.195. The summed E-state index contributed by atoms with van der Waals surface area (Å²) in [5.74, 6) is -0.254. The molecule has 3 unspecified atom stereocenters. The molecule has 1 aliphatic rings. The number of nitrogens with one attached hydrogen (secondary N) is 2. The molecule has 26 heavy (non-hydrogen) atoms. The smallest absolute Gasteiger partial charge is 0.330 e. The Morgan fingerprint density at radius 1 is 1.38 bits per heavy atom. The van der Waals surface area contributed by atoms with Crippen LogP contribution >= 0.6 is 0 Å². The van der Waals surface area contributed by atoms with Gasteiger partial charge in [-0.1, -0.05) is 44.8 Å². The molecule has 0 aromatic carbocycles. The van der Waals surface area contributed by atoms with Gasteiger partial charge in [-0.25, -0.2) is 4.79 Å². The lowest BCUT2D eigenvalue weighted by molar-refractivity contribution is -0.137. The van der Waals surface area contributed by atoms with Gasteiger partial charge in [-0.3, -0.25) is 4.99 Å². The second-order valence-electron chi connectivity index (χ2n) is 7.32. The average molecular weight is 367 g/mol. The molecule has 1 heterocycles. The minimum Gasteiger partial charge on any atom is -0.479 e. The molecule has 0 spiro atoms. The Kier molecular flexibility index (Phi) is 11.0. The molecule has 0 radical (unpaired) electrons. The van der Waals surface area contributed by atoms with Crippen molar-refractivity contribution >= 4 is 11.9 Å². The zero-order valence-corrected chi connectivity index (χ0v) is 16.8. The van der Waals surface area contributed by atoms with Crippen molar-refractivity contribution in [1.82, 2.24) is 10.6 Å². The van der Waals surface area contributed by atoms with Crippen LogP contribution in [0.1, 0.15) is 72.1 Å². The summed E-state index contributed by atoms with van der Waals surface area (Å²) in [7, 11) is 0. The Balaban J connectivity index is 2.59. The number of nitrogens with zero attached hydrogens (tertiary/aromatic N) is 1. The number of carboxylic acid groups (broad SMARTS) is 1. The van der Waals surface area contributed by atoms with Crippen molar-refractivity contribution in [2.75, 3.05) is 13.1 Å². The van der Waals surface area contributed by atoms with Gasteiger partial charge in [-0.05, 0) is 51.5 Å². The van der Waals surface area contributed by atoms with Crippen LogP contribution < -0.4 is 16.4 Å². The molecule has 1 rings (SSSR count). The summed E-state index contributed by atoms with van der Waals surface area (Å²) in [5.41, 5.74) is 7.12. The summed E-state index contributed by atoms with van der Waals surface area (Å²) in [4.78, 5) is 16.0. The third-order valence-electron chi connectivity index (χ3n) is 5.20. The highest BCUT2D eigenvalue weighted by molar-refractivity contribution is 5.86. The Hall–Kier alpha value is -1.56. The Bertz CT molecular complexity index is 476. The van der Waals surface area contributed by atoms with Crippen LogP contribution in [0.25, 0.3) is 0 Å². The van der Waals surface area contributed by atoms with E-state index in [0.29, 0.717) is 18.5 Å². The number of carboxylic acids is 1. The van der Waals surface area contributed by atoms with E-state index in [0.717, 1.165) is 38.6 Å². The van der Waals surface area contributed by atoms with Crippen molar-refractivity contribution in [2.45, 2.75) is 84.2 Å². The lowest BCUT2D eigenvalue weighted by Gasteiger charge is -2.28. The summed E-state index contributed by atoms with van der Waals surface area (Å²) in [6.07, 6.45) is 10.6. The number of rotatable bonds is 11. The highest BCUT2D eigenvalue weighted by atomic mass is 16.4. The van der Waals surface area contributed by atoms with Gasteiger partial charge >= 0.3 is 5.97 Å². The van der Waals surface area contributed by atoms with Crippen LogP contribution in [0, 0.1) is 5.92 Å². The van der Waals surface area contributed by atoms with E-state index in [1.54, 1.807) is 6.08 Å². The molecule has 0 aromatic rings. The van der Waals surface area contributed by atoms with Crippen LogP contribution in [-0.4, -0.2) is 42.2 Å². The predicted molar refractivity (Wildman–Crippen MR) is 108 cm³/mol. The number of allylic oxidation sites excluding steroid dienone is 1. The van der Waals surface area contributed by atoms with Gasteiger partial charge in [-0.15, -0.1) is 0 Å². The van der Waals surface area contributed by atoms with Gasteiger partial charge in [0, 0.05) is 12.6 Å². The fraction of sp³-hybridized carbons (Fsp3) is 0.800. The van der Waals surface area contributed by atoms with E-state index >= 15 is 0 Å². The first-order valence-electron chi connectivity index (χ1n) is 10.2. The molecule has 1 aliphatic heterocycles. The minimum atomic E-state index is -0.921. The molecule has 5 N–H and O–H groups in total. The molecule has 1 fully saturated rings. The summed E-state index contributed by atoms with van der Waals surface area (Å²) in [6.45, 7) is 8.10. The minimum absolute atomic E-state index is 0.216. The second kappa shape index (κ2) is 12.7. The molecule has 150 valence electrons. The van der Waals surface area contributed by atoms with Crippen LogP contribution in [-0.2, 0) is 4.79 Å². The van der Waals surface area contributed by atoms with Gasteiger partial charge in [0.25, 0.3) is 0 Å².